The number of amides is 1. The first-order chi connectivity index (χ1) is 12.0. The highest BCUT2D eigenvalue weighted by molar-refractivity contribution is 5.78. The molecule has 128 valence electrons. The Morgan fingerprint density at radius 2 is 1.92 bits per heavy atom. The molecule has 25 heavy (non-hydrogen) atoms. The molecule has 0 bridgehead atoms. The number of nitrogens with one attached hydrogen (secondary N) is 1. The largest absolute Gasteiger partial charge is 0.348 e. The lowest BCUT2D eigenvalue weighted by Gasteiger charge is -2.08. The lowest BCUT2D eigenvalue weighted by molar-refractivity contribution is -0.120. The summed E-state index contributed by atoms with van der Waals surface area (Å²) in [5.41, 5.74) is 5.40. The minimum atomic E-state index is -0.0553. The fourth-order valence-electron chi connectivity index (χ4n) is 2.62. The van der Waals surface area contributed by atoms with Gasteiger partial charge in [0.2, 0.25) is 5.91 Å². The number of nitrogens with zero attached hydrogens (tertiary/aromatic N) is 4. The van der Waals surface area contributed by atoms with Crippen LogP contribution in [0.3, 0.4) is 0 Å². The molecule has 2 aromatic carbocycles. The molecule has 0 unspecified atom stereocenters. The number of rotatable bonds is 5. The van der Waals surface area contributed by atoms with Gasteiger partial charge in [-0.15, -0.1) is 5.10 Å². The van der Waals surface area contributed by atoms with Gasteiger partial charge in [-0.1, -0.05) is 35.9 Å². The zero-order chi connectivity index (χ0) is 17.8. The zero-order valence-electron chi connectivity index (χ0n) is 14.7. The van der Waals surface area contributed by atoms with Gasteiger partial charge in [0.05, 0.1) is 18.7 Å². The molecule has 1 N–H and O–H groups in total. The first-order valence-corrected chi connectivity index (χ1v) is 8.20. The Morgan fingerprint density at radius 1 is 1.08 bits per heavy atom. The van der Waals surface area contributed by atoms with Gasteiger partial charge in [-0.05, 0) is 60.0 Å². The Morgan fingerprint density at radius 3 is 2.68 bits per heavy atom. The van der Waals surface area contributed by atoms with Crippen molar-refractivity contribution in [3.05, 3.63) is 70.5 Å². The Kier molecular flexibility index (Phi) is 4.88. The van der Waals surface area contributed by atoms with Crippen LogP contribution in [0.5, 0.6) is 0 Å². The van der Waals surface area contributed by atoms with E-state index in [0.29, 0.717) is 12.2 Å². The van der Waals surface area contributed by atoms with E-state index < -0.39 is 0 Å². The van der Waals surface area contributed by atoms with Crippen LogP contribution in [-0.4, -0.2) is 26.1 Å². The van der Waals surface area contributed by atoms with Crippen molar-refractivity contribution in [3.63, 3.8) is 0 Å². The first kappa shape index (κ1) is 16.8. The van der Waals surface area contributed by atoms with Crippen LogP contribution in [0.25, 0.3) is 5.69 Å². The van der Waals surface area contributed by atoms with Crippen LogP contribution in [0.2, 0.25) is 0 Å². The van der Waals surface area contributed by atoms with Gasteiger partial charge in [-0.3, -0.25) is 4.79 Å². The van der Waals surface area contributed by atoms with Crippen molar-refractivity contribution >= 4 is 5.91 Å². The van der Waals surface area contributed by atoms with Crippen LogP contribution in [0.15, 0.2) is 42.5 Å². The third-order valence-electron chi connectivity index (χ3n) is 4.16. The lowest BCUT2D eigenvalue weighted by Crippen LogP contribution is -2.26. The number of carbonyl (C=O) groups excluding carboxylic acids is 1. The number of hydrogen-bond donors (Lipinski definition) is 1. The maximum atomic E-state index is 12.2. The molecule has 6 nitrogen and oxygen atoms in total. The van der Waals surface area contributed by atoms with Crippen LogP contribution in [0.1, 0.15) is 28.1 Å². The maximum absolute atomic E-state index is 12.2. The van der Waals surface area contributed by atoms with Crippen molar-refractivity contribution in [2.75, 3.05) is 0 Å². The van der Waals surface area contributed by atoms with E-state index in [2.05, 4.69) is 27.8 Å². The highest BCUT2D eigenvalue weighted by Crippen LogP contribution is 2.14. The third-order valence-corrected chi connectivity index (χ3v) is 4.16. The molecule has 0 saturated heterocycles. The van der Waals surface area contributed by atoms with Crippen molar-refractivity contribution < 1.29 is 4.79 Å². The Labute approximate surface area is 146 Å². The second kappa shape index (κ2) is 7.25. The summed E-state index contributed by atoms with van der Waals surface area (Å²) in [6, 6.07) is 14.0. The van der Waals surface area contributed by atoms with E-state index in [-0.39, 0.29) is 12.5 Å². The Hall–Kier alpha value is -3.02. The van der Waals surface area contributed by atoms with Gasteiger partial charge in [-0.2, -0.15) is 4.68 Å². The molecule has 0 atom stereocenters. The number of hydrogen-bond acceptors (Lipinski definition) is 4. The summed E-state index contributed by atoms with van der Waals surface area (Å²) in [7, 11) is 0. The molecule has 6 heteroatoms. The number of aryl methyl sites for hydroxylation is 3. The fraction of sp³-hybridized carbons (Fsp3) is 0.263. The van der Waals surface area contributed by atoms with Gasteiger partial charge in [0, 0.05) is 0 Å². The summed E-state index contributed by atoms with van der Waals surface area (Å²) in [4.78, 5) is 12.2. The molecule has 1 amide bonds. The van der Waals surface area contributed by atoms with E-state index in [1.165, 1.54) is 11.1 Å². The molecule has 0 aliphatic carbocycles. The molecule has 0 radical (unpaired) electrons. The van der Waals surface area contributed by atoms with E-state index in [0.717, 1.165) is 16.8 Å². The van der Waals surface area contributed by atoms with E-state index in [1.54, 1.807) is 4.68 Å². The van der Waals surface area contributed by atoms with Crippen LogP contribution in [0.4, 0.5) is 0 Å². The fourth-order valence-corrected chi connectivity index (χ4v) is 2.62. The number of aromatic nitrogens is 4. The normalized spacial score (nSPS) is 10.7. The summed E-state index contributed by atoms with van der Waals surface area (Å²) in [6.45, 7) is 6.40. The standard InChI is InChI=1S/C19H21N5O/c1-13-5-4-6-16(9-13)11-19(25)20-12-18-21-22-23-24(18)17-8-7-14(2)15(3)10-17/h4-10H,11-12H2,1-3H3,(H,20,25). The summed E-state index contributed by atoms with van der Waals surface area (Å²) >= 11 is 0. The molecular weight excluding hydrogens is 314 g/mol. The maximum Gasteiger partial charge on any atom is 0.224 e. The minimum absolute atomic E-state index is 0.0553. The van der Waals surface area contributed by atoms with Crippen LogP contribution >= 0.6 is 0 Å². The minimum Gasteiger partial charge on any atom is -0.348 e. The van der Waals surface area contributed by atoms with Crippen LogP contribution < -0.4 is 5.32 Å². The van der Waals surface area contributed by atoms with Crippen molar-refractivity contribution in [1.29, 1.82) is 0 Å². The SMILES string of the molecule is Cc1cccc(CC(=O)NCc2nnnn2-c2ccc(C)c(C)c2)c1. The van der Waals surface area contributed by atoms with Crippen molar-refractivity contribution in [3.8, 4) is 5.69 Å². The number of benzene rings is 2. The zero-order valence-corrected chi connectivity index (χ0v) is 14.7. The number of tetrazole rings is 1. The van der Waals surface area contributed by atoms with Crippen molar-refractivity contribution in [1.82, 2.24) is 25.5 Å². The van der Waals surface area contributed by atoms with Crippen LogP contribution in [-0.2, 0) is 17.8 Å². The van der Waals surface area contributed by atoms with E-state index in [9.17, 15) is 4.79 Å². The van der Waals surface area contributed by atoms with Gasteiger partial charge in [-0.25, -0.2) is 0 Å². The molecule has 1 heterocycles. The average Bonchev–Trinajstić information content (AvgIpc) is 3.04. The first-order valence-electron chi connectivity index (χ1n) is 8.20. The lowest BCUT2D eigenvalue weighted by atomic mass is 10.1. The van der Waals surface area contributed by atoms with E-state index in [4.69, 9.17) is 0 Å². The van der Waals surface area contributed by atoms with Crippen molar-refractivity contribution in [2.24, 2.45) is 0 Å². The molecule has 0 fully saturated rings. The third kappa shape index (κ3) is 4.09. The molecule has 0 saturated carbocycles. The molecule has 1 aromatic heterocycles. The van der Waals surface area contributed by atoms with Gasteiger partial charge in [0.15, 0.2) is 5.82 Å². The smallest absolute Gasteiger partial charge is 0.224 e. The van der Waals surface area contributed by atoms with Crippen LogP contribution in [0, 0.1) is 20.8 Å². The van der Waals surface area contributed by atoms with Gasteiger partial charge in [0.25, 0.3) is 0 Å². The second-order valence-corrected chi connectivity index (χ2v) is 6.22. The summed E-state index contributed by atoms with van der Waals surface area (Å²) in [5.74, 6) is 0.543. The van der Waals surface area contributed by atoms with Gasteiger partial charge >= 0.3 is 0 Å². The molecule has 3 rings (SSSR count). The molecular formula is C19H21N5O. The predicted octanol–water partition coefficient (Wildman–Crippen LogP) is 2.45. The highest BCUT2D eigenvalue weighted by atomic mass is 16.1. The monoisotopic (exact) mass is 335 g/mol. The van der Waals surface area contributed by atoms with Crippen molar-refractivity contribution in [2.45, 2.75) is 33.7 Å². The summed E-state index contributed by atoms with van der Waals surface area (Å²) in [6.07, 6.45) is 0.340. The van der Waals surface area contributed by atoms with E-state index >= 15 is 0 Å². The van der Waals surface area contributed by atoms with E-state index in [1.807, 2.05) is 56.3 Å². The summed E-state index contributed by atoms with van der Waals surface area (Å²) in [5, 5.41) is 14.7. The molecule has 0 aliphatic heterocycles. The second-order valence-electron chi connectivity index (χ2n) is 6.22. The highest BCUT2D eigenvalue weighted by Gasteiger charge is 2.11. The topological polar surface area (TPSA) is 72.7 Å². The Balaban J connectivity index is 1.67. The number of carbonyl (C=O) groups is 1. The van der Waals surface area contributed by atoms with Gasteiger partial charge in [0.1, 0.15) is 0 Å². The molecule has 3 aromatic rings. The molecule has 0 spiro atoms. The quantitative estimate of drug-likeness (QED) is 0.777. The molecule has 0 aliphatic rings. The predicted molar refractivity (Wildman–Crippen MR) is 95.4 cm³/mol. The average molecular weight is 335 g/mol. The summed E-state index contributed by atoms with van der Waals surface area (Å²) < 4.78 is 1.65. The van der Waals surface area contributed by atoms with Gasteiger partial charge < -0.3 is 5.32 Å². The Bertz CT molecular complexity index is 900.